The molecule has 1 aromatic heterocycles. The zero-order valence-corrected chi connectivity index (χ0v) is 12.4. The summed E-state index contributed by atoms with van der Waals surface area (Å²) in [6, 6.07) is 8.30. The second-order valence-corrected chi connectivity index (χ2v) is 5.18. The lowest BCUT2D eigenvalue weighted by Gasteiger charge is -2.09. The third-order valence-corrected chi connectivity index (χ3v) is 3.31. The molecule has 0 spiro atoms. The molecule has 2 rings (SSSR count). The summed E-state index contributed by atoms with van der Waals surface area (Å²) in [6.07, 6.45) is 0. The number of aromatic nitrogens is 1. The van der Waals surface area contributed by atoms with Gasteiger partial charge in [0, 0.05) is 5.69 Å². The minimum absolute atomic E-state index is 0.315. The van der Waals surface area contributed by atoms with Gasteiger partial charge in [-0.1, -0.05) is 11.6 Å². The lowest BCUT2D eigenvalue weighted by atomic mass is 10.2. The second-order valence-electron chi connectivity index (χ2n) is 3.96. The van der Waals surface area contributed by atoms with Crippen molar-refractivity contribution < 1.29 is 4.79 Å². The first-order valence-corrected chi connectivity index (χ1v) is 6.64. The van der Waals surface area contributed by atoms with Crippen LogP contribution >= 0.6 is 27.5 Å². The number of rotatable bonds is 2. The number of nitrogen functional groups attached to an aromatic ring is 1. The highest BCUT2D eigenvalue weighted by molar-refractivity contribution is 9.10. The Labute approximate surface area is 124 Å². The standard InChI is InChI=1S/C13H11BrClN3O/c1-7-11(4-5-12(14)17-7)18-13(19)9-6-8(16)2-3-10(9)15/h2-6H,16H2,1H3,(H,18,19). The highest BCUT2D eigenvalue weighted by atomic mass is 79.9. The van der Waals surface area contributed by atoms with Gasteiger partial charge in [0.2, 0.25) is 0 Å². The second kappa shape index (κ2) is 5.59. The van der Waals surface area contributed by atoms with E-state index in [1.165, 1.54) is 0 Å². The number of nitrogens with one attached hydrogen (secondary N) is 1. The van der Waals surface area contributed by atoms with Crippen LogP contribution in [0, 0.1) is 6.92 Å². The van der Waals surface area contributed by atoms with E-state index in [4.69, 9.17) is 17.3 Å². The molecule has 4 nitrogen and oxygen atoms in total. The number of hydrogen-bond acceptors (Lipinski definition) is 3. The maximum Gasteiger partial charge on any atom is 0.257 e. The summed E-state index contributed by atoms with van der Waals surface area (Å²) in [5, 5.41) is 3.12. The van der Waals surface area contributed by atoms with Gasteiger partial charge in [0.15, 0.2) is 0 Å². The van der Waals surface area contributed by atoms with Crippen LogP contribution in [-0.4, -0.2) is 10.9 Å². The van der Waals surface area contributed by atoms with Crippen molar-refractivity contribution in [1.82, 2.24) is 4.98 Å². The molecule has 0 fully saturated rings. The first-order chi connectivity index (χ1) is 8.97. The van der Waals surface area contributed by atoms with E-state index in [1.807, 2.05) is 0 Å². The van der Waals surface area contributed by atoms with Gasteiger partial charge in [-0.15, -0.1) is 0 Å². The van der Waals surface area contributed by atoms with Crippen LogP contribution < -0.4 is 11.1 Å². The third kappa shape index (κ3) is 3.24. The van der Waals surface area contributed by atoms with E-state index < -0.39 is 0 Å². The lowest BCUT2D eigenvalue weighted by molar-refractivity contribution is 0.102. The van der Waals surface area contributed by atoms with Crippen LogP contribution in [0.4, 0.5) is 11.4 Å². The summed E-state index contributed by atoms with van der Waals surface area (Å²) in [6.45, 7) is 1.81. The minimum Gasteiger partial charge on any atom is -0.399 e. The Morgan fingerprint density at radius 1 is 1.37 bits per heavy atom. The Balaban J connectivity index is 2.28. The molecule has 3 N–H and O–H groups in total. The molecule has 0 aliphatic rings. The average Bonchev–Trinajstić information content (AvgIpc) is 2.35. The normalized spacial score (nSPS) is 10.3. The van der Waals surface area contributed by atoms with Crippen LogP contribution in [0.15, 0.2) is 34.9 Å². The maximum atomic E-state index is 12.1. The highest BCUT2D eigenvalue weighted by Crippen LogP contribution is 2.22. The van der Waals surface area contributed by atoms with Gasteiger partial charge in [-0.05, 0) is 53.2 Å². The van der Waals surface area contributed by atoms with Gasteiger partial charge in [-0.2, -0.15) is 0 Å². The number of benzene rings is 1. The number of pyridine rings is 1. The van der Waals surface area contributed by atoms with Gasteiger partial charge in [0.25, 0.3) is 5.91 Å². The van der Waals surface area contributed by atoms with Crippen molar-refractivity contribution in [3.63, 3.8) is 0 Å². The minimum atomic E-state index is -0.315. The quantitative estimate of drug-likeness (QED) is 0.648. The fourth-order valence-corrected chi connectivity index (χ4v) is 2.17. The number of amides is 1. The molecule has 0 aliphatic heterocycles. The molecule has 0 saturated heterocycles. The van der Waals surface area contributed by atoms with Gasteiger partial charge in [-0.3, -0.25) is 4.79 Å². The van der Waals surface area contributed by atoms with E-state index in [9.17, 15) is 4.79 Å². The molecule has 1 aromatic carbocycles. The zero-order chi connectivity index (χ0) is 14.0. The molecule has 0 aliphatic carbocycles. The lowest BCUT2D eigenvalue weighted by Crippen LogP contribution is -2.14. The van der Waals surface area contributed by atoms with E-state index >= 15 is 0 Å². The molecule has 0 unspecified atom stereocenters. The summed E-state index contributed by atoms with van der Waals surface area (Å²) in [5.74, 6) is -0.315. The fourth-order valence-electron chi connectivity index (χ4n) is 1.57. The number of anilines is 2. The van der Waals surface area contributed by atoms with E-state index in [-0.39, 0.29) is 5.91 Å². The van der Waals surface area contributed by atoms with Crippen molar-refractivity contribution >= 4 is 44.8 Å². The Morgan fingerprint density at radius 2 is 2.11 bits per heavy atom. The molecule has 0 saturated carbocycles. The number of nitrogens with two attached hydrogens (primary N) is 1. The number of aryl methyl sites for hydroxylation is 1. The van der Waals surface area contributed by atoms with Gasteiger partial charge >= 0.3 is 0 Å². The smallest absolute Gasteiger partial charge is 0.257 e. The number of carbonyl (C=O) groups is 1. The molecule has 0 radical (unpaired) electrons. The van der Waals surface area contributed by atoms with Crippen LogP contribution in [0.25, 0.3) is 0 Å². The molecule has 2 aromatic rings. The van der Waals surface area contributed by atoms with Crippen molar-refractivity contribution in [2.75, 3.05) is 11.1 Å². The number of hydrogen-bond donors (Lipinski definition) is 2. The Bertz CT molecular complexity index is 646. The van der Waals surface area contributed by atoms with Gasteiger partial charge in [0.05, 0.1) is 22.0 Å². The average molecular weight is 341 g/mol. The van der Waals surface area contributed by atoms with Crippen molar-refractivity contribution in [2.24, 2.45) is 0 Å². The van der Waals surface area contributed by atoms with Crippen molar-refractivity contribution in [2.45, 2.75) is 6.92 Å². The first kappa shape index (κ1) is 13.8. The highest BCUT2D eigenvalue weighted by Gasteiger charge is 2.12. The SMILES string of the molecule is Cc1nc(Br)ccc1NC(=O)c1cc(N)ccc1Cl. The molecule has 0 bridgehead atoms. The van der Waals surface area contributed by atoms with Crippen molar-refractivity contribution in [3.8, 4) is 0 Å². The predicted octanol–water partition coefficient (Wildman–Crippen LogP) is 3.64. The number of nitrogens with zero attached hydrogens (tertiary/aromatic N) is 1. The number of halogens is 2. The van der Waals surface area contributed by atoms with Crippen LogP contribution in [0.5, 0.6) is 0 Å². The van der Waals surface area contributed by atoms with Crippen LogP contribution in [0.2, 0.25) is 5.02 Å². The fraction of sp³-hybridized carbons (Fsp3) is 0.0769. The molecule has 1 amide bonds. The summed E-state index contributed by atoms with van der Waals surface area (Å²) >= 11 is 9.25. The summed E-state index contributed by atoms with van der Waals surface area (Å²) in [4.78, 5) is 16.3. The first-order valence-electron chi connectivity index (χ1n) is 5.47. The molecule has 0 atom stereocenters. The van der Waals surface area contributed by atoms with Crippen LogP contribution in [0.1, 0.15) is 16.1 Å². The van der Waals surface area contributed by atoms with Gasteiger partial charge < -0.3 is 11.1 Å². The van der Waals surface area contributed by atoms with Crippen molar-refractivity contribution in [3.05, 3.63) is 51.2 Å². The molecular formula is C13H11BrClN3O. The molecular weight excluding hydrogens is 330 g/mol. The topological polar surface area (TPSA) is 68.0 Å². The monoisotopic (exact) mass is 339 g/mol. The van der Waals surface area contributed by atoms with Gasteiger partial charge in [-0.25, -0.2) is 4.98 Å². The molecule has 19 heavy (non-hydrogen) atoms. The Hall–Kier alpha value is -1.59. The predicted molar refractivity (Wildman–Crippen MR) is 80.5 cm³/mol. The van der Waals surface area contributed by atoms with E-state index in [0.29, 0.717) is 32.3 Å². The largest absolute Gasteiger partial charge is 0.399 e. The molecule has 98 valence electrons. The summed E-state index contributed by atoms with van der Waals surface area (Å²) in [7, 11) is 0. The van der Waals surface area contributed by atoms with E-state index in [1.54, 1.807) is 37.3 Å². The van der Waals surface area contributed by atoms with Crippen LogP contribution in [-0.2, 0) is 0 Å². The Morgan fingerprint density at radius 3 is 2.79 bits per heavy atom. The van der Waals surface area contributed by atoms with Crippen molar-refractivity contribution in [1.29, 1.82) is 0 Å². The summed E-state index contributed by atoms with van der Waals surface area (Å²) < 4.78 is 0.713. The third-order valence-electron chi connectivity index (χ3n) is 2.54. The Kier molecular flexibility index (Phi) is 4.07. The molecule has 1 heterocycles. The van der Waals surface area contributed by atoms with E-state index in [2.05, 4.69) is 26.2 Å². The zero-order valence-electron chi connectivity index (χ0n) is 10.1. The number of carbonyl (C=O) groups excluding carboxylic acids is 1. The van der Waals surface area contributed by atoms with E-state index in [0.717, 1.165) is 0 Å². The molecule has 6 heteroatoms. The van der Waals surface area contributed by atoms with Crippen LogP contribution in [0.3, 0.4) is 0 Å². The maximum absolute atomic E-state index is 12.1. The summed E-state index contributed by atoms with van der Waals surface area (Å²) in [5.41, 5.74) is 7.82. The van der Waals surface area contributed by atoms with Gasteiger partial charge in [0.1, 0.15) is 4.60 Å².